The number of nitrogens with one attached hydrogen (secondary N) is 1. The van der Waals surface area contributed by atoms with Gasteiger partial charge in [-0.05, 0) is 36.8 Å². The molecule has 1 aromatic heterocycles. The Morgan fingerprint density at radius 3 is 2.83 bits per heavy atom. The first-order valence-corrected chi connectivity index (χ1v) is 8.33. The van der Waals surface area contributed by atoms with Crippen molar-refractivity contribution in [1.29, 1.82) is 0 Å². The number of carbonyl (C=O) groups excluding carboxylic acids is 1. The molecule has 1 fully saturated rings. The molecule has 1 aliphatic rings. The van der Waals surface area contributed by atoms with Gasteiger partial charge in [0.25, 0.3) is 0 Å². The fourth-order valence-electron chi connectivity index (χ4n) is 2.75. The highest BCUT2D eigenvalue weighted by molar-refractivity contribution is 5.76. The number of amides is 1. The zero-order valence-corrected chi connectivity index (χ0v) is 13.9. The Morgan fingerprint density at radius 2 is 2.08 bits per heavy atom. The van der Waals surface area contributed by atoms with Crippen LogP contribution in [0.25, 0.3) is 0 Å². The van der Waals surface area contributed by atoms with Gasteiger partial charge in [0, 0.05) is 38.3 Å². The second kappa shape index (κ2) is 7.93. The molecular weight excluding hydrogens is 302 g/mol. The lowest BCUT2D eigenvalue weighted by Crippen LogP contribution is -2.37. The summed E-state index contributed by atoms with van der Waals surface area (Å²) in [7, 11) is 0. The maximum absolute atomic E-state index is 11.5. The molecule has 0 unspecified atom stereocenters. The van der Waals surface area contributed by atoms with Gasteiger partial charge in [0.05, 0.1) is 5.69 Å². The topological polar surface area (TPSA) is 54.5 Å². The number of pyridine rings is 1. The minimum atomic E-state index is 0.141. The summed E-state index contributed by atoms with van der Waals surface area (Å²) in [5.74, 6) is 0.979. The van der Waals surface area contributed by atoms with Crippen molar-refractivity contribution < 1.29 is 9.53 Å². The molecule has 0 bridgehead atoms. The molecule has 1 amide bonds. The van der Waals surface area contributed by atoms with Crippen LogP contribution in [0.15, 0.2) is 48.7 Å². The quantitative estimate of drug-likeness (QED) is 0.917. The van der Waals surface area contributed by atoms with Crippen LogP contribution in [0.1, 0.15) is 24.6 Å². The van der Waals surface area contributed by atoms with Crippen LogP contribution in [0.5, 0.6) is 5.75 Å². The number of aromatic nitrogens is 1. The number of carbonyl (C=O) groups is 1. The third-order valence-corrected chi connectivity index (χ3v) is 4.27. The van der Waals surface area contributed by atoms with E-state index in [1.54, 1.807) is 6.20 Å². The van der Waals surface area contributed by atoms with Crippen molar-refractivity contribution in [2.24, 2.45) is 0 Å². The number of nitrogens with zero attached hydrogens (tertiary/aromatic N) is 2. The summed E-state index contributed by atoms with van der Waals surface area (Å²) in [6, 6.07) is 14.3. The summed E-state index contributed by atoms with van der Waals surface area (Å²) in [5, 5.41) is 2.94. The number of rotatable bonds is 5. The van der Waals surface area contributed by atoms with Crippen LogP contribution in [0.3, 0.4) is 0 Å². The average Bonchev–Trinajstić information content (AvgIpc) is 2.78. The van der Waals surface area contributed by atoms with Crippen LogP contribution in [0.2, 0.25) is 0 Å². The normalized spacial score (nSPS) is 18.7. The van der Waals surface area contributed by atoms with E-state index < -0.39 is 0 Å². The maximum Gasteiger partial charge on any atom is 0.221 e. The molecule has 0 aliphatic carbocycles. The Kier molecular flexibility index (Phi) is 5.43. The predicted octanol–water partition coefficient (Wildman–Crippen LogP) is 2.37. The van der Waals surface area contributed by atoms with E-state index in [0.717, 1.165) is 24.5 Å². The Hall–Kier alpha value is -2.40. The lowest BCUT2D eigenvalue weighted by Gasteiger charge is -2.26. The van der Waals surface area contributed by atoms with Crippen LogP contribution >= 0.6 is 0 Å². The molecule has 1 aromatic carbocycles. The highest BCUT2D eigenvalue weighted by atomic mass is 16.5. The van der Waals surface area contributed by atoms with Gasteiger partial charge in [0.2, 0.25) is 5.91 Å². The summed E-state index contributed by atoms with van der Waals surface area (Å²) in [4.78, 5) is 18.1. The fourth-order valence-corrected chi connectivity index (χ4v) is 2.75. The van der Waals surface area contributed by atoms with Gasteiger partial charge in [-0.2, -0.15) is 0 Å². The van der Waals surface area contributed by atoms with E-state index in [4.69, 9.17) is 4.74 Å². The number of hydrogen-bond acceptors (Lipinski definition) is 4. The third-order valence-electron chi connectivity index (χ3n) is 4.27. The van der Waals surface area contributed by atoms with Gasteiger partial charge < -0.3 is 10.1 Å². The molecule has 1 N–H and O–H groups in total. The van der Waals surface area contributed by atoms with Crippen LogP contribution in [0.4, 0.5) is 0 Å². The minimum absolute atomic E-state index is 0.141. The van der Waals surface area contributed by atoms with Crippen molar-refractivity contribution in [3.05, 3.63) is 59.9 Å². The van der Waals surface area contributed by atoms with Gasteiger partial charge in [-0.3, -0.25) is 14.7 Å². The van der Waals surface area contributed by atoms with E-state index in [9.17, 15) is 4.79 Å². The first-order chi connectivity index (χ1) is 11.7. The largest absolute Gasteiger partial charge is 0.487 e. The SMILES string of the molecule is C[C@@H]1CNC(=O)CCN1Cc1ccc(OCc2ccccn2)cc1. The van der Waals surface area contributed by atoms with E-state index in [1.807, 2.05) is 30.3 Å². The molecule has 0 saturated carbocycles. The average molecular weight is 325 g/mol. The van der Waals surface area contributed by atoms with E-state index in [1.165, 1.54) is 5.56 Å². The van der Waals surface area contributed by atoms with Crippen LogP contribution in [-0.2, 0) is 17.9 Å². The standard InChI is InChI=1S/C19H23N3O2/c1-15-12-21-19(23)9-11-22(15)13-16-5-7-18(8-6-16)24-14-17-4-2-3-10-20-17/h2-8,10,15H,9,11-14H2,1H3,(H,21,23)/t15-/m1/s1. The number of benzene rings is 1. The Morgan fingerprint density at radius 1 is 1.25 bits per heavy atom. The summed E-state index contributed by atoms with van der Waals surface area (Å²) in [6.07, 6.45) is 2.33. The van der Waals surface area contributed by atoms with Crippen molar-refractivity contribution in [3.63, 3.8) is 0 Å². The van der Waals surface area contributed by atoms with E-state index in [-0.39, 0.29) is 5.91 Å². The van der Waals surface area contributed by atoms with Crippen molar-refractivity contribution in [1.82, 2.24) is 15.2 Å². The van der Waals surface area contributed by atoms with E-state index >= 15 is 0 Å². The van der Waals surface area contributed by atoms with Crippen molar-refractivity contribution in [2.45, 2.75) is 32.5 Å². The monoisotopic (exact) mass is 325 g/mol. The first-order valence-electron chi connectivity index (χ1n) is 8.33. The molecule has 126 valence electrons. The van der Waals surface area contributed by atoms with Crippen LogP contribution < -0.4 is 10.1 Å². The fraction of sp³-hybridized carbons (Fsp3) is 0.368. The number of ether oxygens (including phenoxy) is 1. The van der Waals surface area contributed by atoms with Crippen LogP contribution in [0, 0.1) is 0 Å². The van der Waals surface area contributed by atoms with Gasteiger partial charge >= 0.3 is 0 Å². The van der Waals surface area contributed by atoms with Gasteiger partial charge in [-0.1, -0.05) is 18.2 Å². The first kappa shape index (κ1) is 16.5. The lowest BCUT2D eigenvalue weighted by atomic mass is 10.1. The van der Waals surface area contributed by atoms with Crippen molar-refractivity contribution in [2.75, 3.05) is 13.1 Å². The molecule has 0 spiro atoms. The molecule has 5 heteroatoms. The second-order valence-electron chi connectivity index (χ2n) is 6.13. The molecule has 1 atom stereocenters. The molecule has 3 rings (SSSR count). The molecule has 2 heterocycles. The zero-order chi connectivity index (χ0) is 16.8. The van der Waals surface area contributed by atoms with E-state index in [0.29, 0.717) is 25.6 Å². The highest BCUT2D eigenvalue weighted by Gasteiger charge is 2.19. The molecule has 1 saturated heterocycles. The van der Waals surface area contributed by atoms with Gasteiger partial charge in [0.1, 0.15) is 12.4 Å². The summed E-state index contributed by atoms with van der Waals surface area (Å²) >= 11 is 0. The Bertz CT molecular complexity index is 658. The maximum atomic E-state index is 11.5. The Labute approximate surface area is 142 Å². The summed E-state index contributed by atoms with van der Waals surface area (Å²) in [5.41, 5.74) is 2.14. The predicted molar refractivity (Wildman–Crippen MR) is 92.5 cm³/mol. The third kappa shape index (κ3) is 4.55. The number of hydrogen-bond donors (Lipinski definition) is 1. The molecular formula is C19H23N3O2. The minimum Gasteiger partial charge on any atom is -0.487 e. The van der Waals surface area contributed by atoms with Crippen molar-refractivity contribution >= 4 is 5.91 Å². The Balaban J connectivity index is 1.55. The van der Waals surface area contributed by atoms with Gasteiger partial charge in [-0.15, -0.1) is 0 Å². The summed E-state index contributed by atoms with van der Waals surface area (Å²) in [6.45, 7) is 4.97. The lowest BCUT2D eigenvalue weighted by molar-refractivity contribution is -0.120. The second-order valence-corrected chi connectivity index (χ2v) is 6.13. The molecule has 24 heavy (non-hydrogen) atoms. The molecule has 1 aliphatic heterocycles. The van der Waals surface area contributed by atoms with Gasteiger partial charge in [0.15, 0.2) is 0 Å². The van der Waals surface area contributed by atoms with Gasteiger partial charge in [-0.25, -0.2) is 0 Å². The van der Waals surface area contributed by atoms with Crippen molar-refractivity contribution in [3.8, 4) is 5.75 Å². The molecule has 2 aromatic rings. The summed E-state index contributed by atoms with van der Waals surface area (Å²) < 4.78 is 5.76. The van der Waals surface area contributed by atoms with E-state index in [2.05, 4.69) is 34.3 Å². The molecule has 0 radical (unpaired) electrons. The zero-order valence-electron chi connectivity index (χ0n) is 13.9. The smallest absolute Gasteiger partial charge is 0.221 e. The molecule has 5 nitrogen and oxygen atoms in total. The van der Waals surface area contributed by atoms with Crippen LogP contribution in [-0.4, -0.2) is 34.9 Å². The highest BCUT2D eigenvalue weighted by Crippen LogP contribution is 2.16.